The summed E-state index contributed by atoms with van der Waals surface area (Å²) in [5.41, 5.74) is 0.614. The van der Waals surface area contributed by atoms with Gasteiger partial charge in [-0.2, -0.15) is 5.10 Å². The Hall–Kier alpha value is -3.35. The number of carbonyl (C=O) groups is 1. The van der Waals surface area contributed by atoms with Crippen molar-refractivity contribution < 1.29 is 14.3 Å². The summed E-state index contributed by atoms with van der Waals surface area (Å²) in [7, 11) is 4.82. The third kappa shape index (κ3) is 3.92. The highest BCUT2D eigenvalue weighted by atomic mass is 16.5. The van der Waals surface area contributed by atoms with Gasteiger partial charge in [-0.05, 0) is 23.8 Å². The highest BCUT2D eigenvalue weighted by Gasteiger charge is 2.14. The molecule has 0 atom stereocenters. The van der Waals surface area contributed by atoms with Gasteiger partial charge >= 0.3 is 0 Å². The highest BCUT2D eigenvalue weighted by Crippen LogP contribution is 2.27. The minimum Gasteiger partial charge on any atom is -0.493 e. The van der Waals surface area contributed by atoms with E-state index in [9.17, 15) is 9.59 Å². The van der Waals surface area contributed by atoms with E-state index in [4.69, 9.17) is 9.47 Å². The second-order valence-corrected chi connectivity index (χ2v) is 6.13. The minimum absolute atomic E-state index is 0.118. The number of rotatable bonds is 6. The number of hydrogen-bond acceptors (Lipinski definition) is 5. The molecule has 0 saturated heterocycles. The zero-order valence-corrected chi connectivity index (χ0v) is 15.5. The fourth-order valence-electron chi connectivity index (χ4n) is 2.83. The van der Waals surface area contributed by atoms with Crippen molar-refractivity contribution in [2.45, 2.75) is 13.1 Å². The van der Waals surface area contributed by atoms with Crippen LogP contribution in [0.15, 0.2) is 53.5 Å². The second kappa shape index (κ2) is 7.90. The summed E-state index contributed by atoms with van der Waals surface area (Å²) in [5, 5.41) is 5.40. The van der Waals surface area contributed by atoms with E-state index in [1.165, 1.54) is 4.68 Å². The van der Waals surface area contributed by atoms with Crippen LogP contribution in [-0.2, 0) is 17.9 Å². The first-order chi connectivity index (χ1) is 13.0. The van der Waals surface area contributed by atoms with Crippen molar-refractivity contribution in [3.8, 4) is 11.5 Å². The van der Waals surface area contributed by atoms with E-state index in [-0.39, 0.29) is 18.0 Å². The van der Waals surface area contributed by atoms with Gasteiger partial charge in [-0.25, -0.2) is 4.68 Å². The van der Waals surface area contributed by atoms with Crippen molar-refractivity contribution >= 4 is 16.7 Å². The van der Waals surface area contributed by atoms with Crippen molar-refractivity contribution in [1.82, 2.24) is 14.7 Å². The van der Waals surface area contributed by atoms with Gasteiger partial charge in [0.2, 0.25) is 5.91 Å². The number of methoxy groups -OCH3 is 2. The Morgan fingerprint density at radius 1 is 1.11 bits per heavy atom. The number of amides is 1. The van der Waals surface area contributed by atoms with Crippen LogP contribution in [0.4, 0.5) is 0 Å². The van der Waals surface area contributed by atoms with Crippen LogP contribution in [0.3, 0.4) is 0 Å². The summed E-state index contributed by atoms with van der Waals surface area (Å²) in [6, 6.07) is 12.7. The molecule has 3 aromatic rings. The first-order valence-electron chi connectivity index (χ1n) is 8.43. The van der Waals surface area contributed by atoms with Gasteiger partial charge in [-0.15, -0.1) is 0 Å². The average molecular weight is 367 g/mol. The summed E-state index contributed by atoms with van der Waals surface area (Å²) < 4.78 is 11.7. The maximum atomic E-state index is 12.6. The van der Waals surface area contributed by atoms with Crippen molar-refractivity contribution in [3.63, 3.8) is 0 Å². The summed E-state index contributed by atoms with van der Waals surface area (Å²) in [6.07, 6.45) is 1.60. The zero-order chi connectivity index (χ0) is 19.4. The Morgan fingerprint density at radius 3 is 2.59 bits per heavy atom. The van der Waals surface area contributed by atoms with Crippen LogP contribution in [0.1, 0.15) is 5.56 Å². The van der Waals surface area contributed by atoms with E-state index >= 15 is 0 Å². The van der Waals surface area contributed by atoms with Crippen LogP contribution in [0.25, 0.3) is 10.8 Å². The maximum Gasteiger partial charge on any atom is 0.275 e. The van der Waals surface area contributed by atoms with Gasteiger partial charge in [0.25, 0.3) is 5.56 Å². The number of nitrogens with zero attached hydrogens (tertiary/aromatic N) is 3. The third-order valence-corrected chi connectivity index (χ3v) is 4.34. The smallest absolute Gasteiger partial charge is 0.275 e. The lowest BCUT2D eigenvalue weighted by Gasteiger charge is -2.18. The van der Waals surface area contributed by atoms with E-state index in [1.54, 1.807) is 50.6 Å². The van der Waals surface area contributed by atoms with Crippen LogP contribution in [0.5, 0.6) is 11.5 Å². The molecule has 1 aromatic heterocycles. The van der Waals surface area contributed by atoms with E-state index in [2.05, 4.69) is 5.10 Å². The van der Waals surface area contributed by atoms with Crippen LogP contribution in [0.2, 0.25) is 0 Å². The lowest BCUT2D eigenvalue weighted by molar-refractivity contribution is -0.131. The average Bonchev–Trinajstić information content (AvgIpc) is 2.70. The summed E-state index contributed by atoms with van der Waals surface area (Å²) in [6.45, 7) is 0.259. The number of aromatic nitrogens is 2. The molecule has 0 bridgehead atoms. The first kappa shape index (κ1) is 18.4. The molecular formula is C20H21N3O4. The van der Waals surface area contributed by atoms with Crippen molar-refractivity contribution in [1.29, 1.82) is 0 Å². The number of fused-ring (bicyclic) bond motifs is 1. The molecule has 3 rings (SSSR count). The zero-order valence-electron chi connectivity index (χ0n) is 15.5. The Balaban J connectivity index is 1.75. The Labute approximate surface area is 156 Å². The van der Waals surface area contributed by atoms with E-state index in [0.717, 1.165) is 10.9 Å². The Kier molecular flexibility index (Phi) is 5.40. The van der Waals surface area contributed by atoms with Crippen molar-refractivity contribution in [3.05, 3.63) is 64.6 Å². The SMILES string of the molecule is COc1ccc(CN(C)C(=O)Cn2ncc3ccccc3c2=O)cc1OC. The van der Waals surface area contributed by atoms with E-state index < -0.39 is 0 Å². The first-order valence-corrected chi connectivity index (χ1v) is 8.43. The van der Waals surface area contributed by atoms with Gasteiger partial charge in [-0.3, -0.25) is 9.59 Å². The van der Waals surface area contributed by atoms with E-state index in [1.807, 2.05) is 24.3 Å². The van der Waals surface area contributed by atoms with Gasteiger partial charge in [0, 0.05) is 19.0 Å². The molecule has 0 saturated carbocycles. The Bertz CT molecular complexity index is 1030. The van der Waals surface area contributed by atoms with Crippen LogP contribution in [0, 0.1) is 0 Å². The maximum absolute atomic E-state index is 12.6. The van der Waals surface area contributed by atoms with E-state index in [0.29, 0.717) is 23.4 Å². The number of likely N-dealkylation sites (N-methyl/N-ethyl adjacent to an activating group) is 1. The molecular weight excluding hydrogens is 346 g/mol. The molecule has 1 amide bonds. The summed E-state index contributed by atoms with van der Waals surface area (Å²) in [5.74, 6) is 1.01. The van der Waals surface area contributed by atoms with Gasteiger partial charge in [-0.1, -0.05) is 24.3 Å². The molecule has 140 valence electrons. The molecule has 7 heteroatoms. The van der Waals surface area contributed by atoms with Crippen LogP contribution < -0.4 is 15.0 Å². The van der Waals surface area contributed by atoms with Crippen molar-refractivity contribution in [2.75, 3.05) is 21.3 Å². The standard InChI is InChI=1S/C20H21N3O4/c1-22(12-14-8-9-17(26-2)18(10-14)27-3)19(24)13-23-20(25)16-7-5-4-6-15(16)11-21-23/h4-11H,12-13H2,1-3H3. The molecule has 0 aliphatic carbocycles. The number of carbonyl (C=O) groups excluding carboxylic acids is 1. The Morgan fingerprint density at radius 2 is 1.85 bits per heavy atom. The molecule has 7 nitrogen and oxygen atoms in total. The molecule has 0 unspecified atom stereocenters. The molecule has 1 heterocycles. The third-order valence-electron chi connectivity index (χ3n) is 4.34. The number of hydrogen-bond donors (Lipinski definition) is 0. The predicted molar refractivity (Wildman–Crippen MR) is 102 cm³/mol. The van der Waals surface area contributed by atoms with Gasteiger partial charge in [0.15, 0.2) is 11.5 Å². The molecule has 0 aliphatic rings. The van der Waals surface area contributed by atoms with Gasteiger partial charge in [0.1, 0.15) is 6.54 Å². The molecule has 0 fully saturated rings. The number of benzene rings is 2. The monoisotopic (exact) mass is 367 g/mol. The second-order valence-electron chi connectivity index (χ2n) is 6.13. The molecule has 27 heavy (non-hydrogen) atoms. The predicted octanol–water partition coefficient (Wildman–Crippen LogP) is 2.07. The minimum atomic E-state index is -0.277. The molecule has 0 spiro atoms. The van der Waals surface area contributed by atoms with Crippen molar-refractivity contribution in [2.24, 2.45) is 0 Å². The largest absolute Gasteiger partial charge is 0.493 e. The molecule has 0 aliphatic heterocycles. The molecule has 0 N–H and O–H groups in total. The van der Waals surface area contributed by atoms with Gasteiger partial charge in [0.05, 0.1) is 25.8 Å². The summed E-state index contributed by atoms with van der Waals surface area (Å²) in [4.78, 5) is 26.6. The quantitative estimate of drug-likeness (QED) is 0.667. The van der Waals surface area contributed by atoms with Crippen LogP contribution >= 0.6 is 0 Å². The molecule has 0 radical (unpaired) electrons. The number of ether oxygens (including phenoxy) is 2. The lowest BCUT2D eigenvalue weighted by Crippen LogP contribution is -2.34. The highest BCUT2D eigenvalue weighted by molar-refractivity contribution is 5.81. The fourth-order valence-corrected chi connectivity index (χ4v) is 2.83. The molecule has 2 aromatic carbocycles. The fraction of sp³-hybridized carbons (Fsp3) is 0.250. The van der Waals surface area contributed by atoms with Crippen LogP contribution in [-0.4, -0.2) is 41.9 Å². The summed E-state index contributed by atoms with van der Waals surface area (Å²) >= 11 is 0. The lowest BCUT2D eigenvalue weighted by atomic mass is 10.2. The van der Waals surface area contributed by atoms with Gasteiger partial charge < -0.3 is 14.4 Å². The normalized spacial score (nSPS) is 10.6. The topological polar surface area (TPSA) is 73.7 Å².